The Morgan fingerprint density at radius 1 is 1.06 bits per heavy atom. The van der Waals surface area contributed by atoms with Gasteiger partial charge in [0.1, 0.15) is 11.8 Å². The number of rotatable bonds is 6. The van der Waals surface area contributed by atoms with E-state index >= 15 is 0 Å². The van der Waals surface area contributed by atoms with Crippen LogP contribution < -0.4 is 15.0 Å². The molecule has 1 unspecified atom stereocenters. The minimum atomic E-state index is -0.584. The third-order valence-electron chi connectivity index (χ3n) is 6.02. The van der Waals surface area contributed by atoms with Gasteiger partial charge in [-0.1, -0.05) is 18.2 Å². The molecule has 1 saturated heterocycles. The fourth-order valence-electron chi connectivity index (χ4n) is 4.38. The summed E-state index contributed by atoms with van der Waals surface area (Å²) in [6.07, 6.45) is 3.26. The number of nitrogens with zero attached hydrogens (tertiary/aromatic N) is 2. The smallest absolute Gasteiger partial charge is 0.245 e. The van der Waals surface area contributed by atoms with E-state index < -0.39 is 6.04 Å². The lowest BCUT2D eigenvalue weighted by molar-refractivity contribution is -0.135. The van der Waals surface area contributed by atoms with Gasteiger partial charge in [0.15, 0.2) is 0 Å². The van der Waals surface area contributed by atoms with Gasteiger partial charge >= 0.3 is 0 Å². The first-order valence-electron chi connectivity index (χ1n) is 11.0. The molecule has 168 valence electrons. The topological polar surface area (TPSA) is 77.7 Å². The first-order valence-corrected chi connectivity index (χ1v) is 11.0. The van der Waals surface area contributed by atoms with Crippen LogP contribution in [0.3, 0.4) is 0 Å². The van der Waals surface area contributed by atoms with Crippen LogP contribution in [0.1, 0.15) is 18.9 Å². The number of carbonyl (C=O) groups excluding carboxylic acids is 2. The zero-order chi connectivity index (χ0) is 22.5. The molecule has 32 heavy (non-hydrogen) atoms. The van der Waals surface area contributed by atoms with E-state index in [9.17, 15) is 9.59 Å². The maximum absolute atomic E-state index is 13.4. The number of nitrogens with one attached hydrogen (secondary N) is 2. The van der Waals surface area contributed by atoms with E-state index in [0.29, 0.717) is 19.5 Å². The van der Waals surface area contributed by atoms with Crippen LogP contribution >= 0.6 is 0 Å². The summed E-state index contributed by atoms with van der Waals surface area (Å²) in [6.45, 7) is 4.38. The van der Waals surface area contributed by atoms with Crippen molar-refractivity contribution in [3.63, 3.8) is 0 Å². The van der Waals surface area contributed by atoms with Gasteiger partial charge in [-0.2, -0.15) is 0 Å². The van der Waals surface area contributed by atoms with Crippen LogP contribution in [0.5, 0.6) is 5.75 Å². The van der Waals surface area contributed by atoms with Crippen molar-refractivity contribution in [2.45, 2.75) is 25.8 Å². The van der Waals surface area contributed by atoms with Crippen LogP contribution in [-0.2, 0) is 16.0 Å². The van der Waals surface area contributed by atoms with Crippen LogP contribution in [0, 0.1) is 0 Å². The van der Waals surface area contributed by atoms with Crippen LogP contribution in [-0.4, -0.2) is 61.0 Å². The molecule has 2 amide bonds. The second kappa shape index (κ2) is 9.77. The van der Waals surface area contributed by atoms with Gasteiger partial charge in [0, 0.05) is 62.3 Å². The molecule has 1 fully saturated rings. The van der Waals surface area contributed by atoms with Crippen LogP contribution in [0.4, 0.5) is 5.69 Å². The molecule has 0 aliphatic carbocycles. The average Bonchev–Trinajstić information content (AvgIpc) is 3.05. The van der Waals surface area contributed by atoms with Crippen molar-refractivity contribution < 1.29 is 14.3 Å². The Labute approximate surface area is 188 Å². The number of ether oxygens (including phenoxy) is 1. The molecule has 3 aromatic rings. The third-order valence-corrected chi connectivity index (χ3v) is 6.02. The lowest BCUT2D eigenvalue weighted by Crippen LogP contribution is -2.50. The number of anilines is 1. The lowest BCUT2D eigenvalue weighted by Gasteiger charge is -2.27. The largest absolute Gasteiger partial charge is 0.497 e. The van der Waals surface area contributed by atoms with E-state index in [2.05, 4.69) is 15.2 Å². The van der Waals surface area contributed by atoms with Crippen molar-refractivity contribution in [3.8, 4) is 5.75 Å². The summed E-state index contributed by atoms with van der Waals surface area (Å²) >= 11 is 0. The molecule has 7 heteroatoms. The zero-order valence-corrected chi connectivity index (χ0v) is 18.6. The molecular weight excluding hydrogens is 404 g/mol. The van der Waals surface area contributed by atoms with Gasteiger partial charge in [0.05, 0.1) is 7.11 Å². The number of hydrogen-bond acceptors (Lipinski definition) is 4. The normalized spacial score (nSPS) is 15.3. The minimum absolute atomic E-state index is 0.0259. The summed E-state index contributed by atoms with van der Waals surface area (Å²) in [5.74, 6) is 0.607. The number of carbonyl (C=O) groups is 2. The molecule has 0 saturated carbocycles. The predicted octanol–water partition coefficient (Wildman–Crippen LogP) is 2.96. The first-order chi connectivity index (χ1) is 15.5. The molecule has 0 spiro atoms. The van der Waals surface area contributed by atoms with Crippen molar-refractivity contribution in [1.82, 2.24) is 15.2 Å². The van der Waals surface area contributed by atoms with Crippen molar-refractivity contribution in [2.75, 3.05) is 38.2 Å². The molecule has 0 radical (unpaired) electrons. The van der Waals surface area contributed by atoms with Gasteiger partial charge in [-0.05, 0) is 42.3 Å². The molecule has 2 aromatic carbocycles. The number of aromatic amines is 1. The highest BCUT2D eigenvalue weighted by Gasteiger charge is 2.28. The van der Waals surface area contributed by atoms with Crippen molar-refractivity contribution in [3.05, 3.63) is 60.3 Å². The van der Waals surface area contributed by atoms with E-state index in [0.717, 1.165) is 47.4 Å². The van der Waals surface area contributed by atoms with Crippen molar-refractivity contribution in [1.29, 1.82) is 0 Å². The standard InChI is InChI=1S/C25H30N4O3/c1-18(30)27-24(16-19-17-26-23-7-4-3-6-22(19)23)25(31)29-13-5-12-28(14-15-29)20-8-10-21(32-2)11-9-20/h3-4,6-11,17,24,26H,5,12-16H2,1-2H3,(H,27,30). The summed E-state index contributed by atoms with van der Waals surface area (Å²) < 4.78 is 5.25. The van der Waals surface area contributed by atoms with E-state index in [-0.39, 0.29) is 11.8 Å². The summed E-state index contributed by atoms with van der Waals surface area (Å²) in [4.78, 5) is 32.8. The average molecular weight is 435 g/mol. The molecule has 1 aliphatic heterocycles. The SMILES string of the molecule is COc1ccc(N2CCCN(C(=O)C(Cc3c[nH]c4ccccc34)NC(C)=O)CC2)cc1. The fraction of sp³-hybridized carbons (Fsp3) is 0.360. The first kappa shape index (κ1) is 21.7. The minimum Gasteiger partial charge on any atom is -0.497 e. The van der Waals surface area contributed by atoms with E-state index in [1.54, 1.807) is 7.11 Å². The number of para-hydroxylation sites is 1. The number of methoxy groups -OCH3 is 1. The number of benzene rings is 2. The number of hydrogen-bond donors (Lipinski definition) is 2. The zero-order valence-electron chi connectivity index (χ0n) is 18.6. The number of H-pyrrole nitrogens is 1. The Kier molecular flexibility index (Phi) is 6.63. The Morgan fingerprint density at radius 3 is 2.59 bits per heavy atom. The molecule has 4 rings (SSSR count). The molecule has 7 nitrogen and oxygen atoms in total. The van der Waals surface area contributed by atoms with Gasteiger partial charge in [-0.15, -0.1) is 0 Å². The highest BCUT2D eigenvalue weighted by Crippen LogP contribution is 2.22. The summed E-state index contributed by atoms with van der Waals surface area (Å²) in [5.41, 5.74) is 3.18. The van der Waals surface area contributed by atoms with E-state index in [4.69, 9.17) is 4.74 Å². The maximum atomic E-state index is 13.4. The highest BCUT2D eigenvalue weighted by molar-refractivity contribution is 5.89. The Hall–Kier alpha value is -3.48. The van der Waals surface area contributed by atoms with Gasteiger partial charge in [0.25, 0.3) is 0 Å². The molecular formula is C25H30N4O3. The number of aromatic nitrogens is 1. The maximum Gasteiger partial charge on any atom is 0.245 e. The third kappa shape index (κ3) is 4.88. The Balaban J connectivity index is 1.46. The van der Waals surface area contributed by atoms with Crippen molar-refractivity contribution in [2.24, 2.45) is 0 Å². The number of amides is 2. The van der Waals surface area contributed by atoms with Crippen LogP contribution in [0.25, 0.3) is 10.9 Å². The molecule has 0 bridgehead atoms. The Bertz CT molecular complexity index is 1080. The van der Waals surface area contributed by atoms with Crippen LogP contribution in [0.15, 0.2) is 54.7 Å². The predicted molar refractivity (Wildman–Crippen MR) is 126 cm³/mol. The number of fused-ring (bicyclic) bond motifs is 1. The molecule has 1 aromatic heterocycles. The molecule has 1 aliphatic rings. The monoisotopic (exact) mass is 434 g/mol. The quantitative estimate of drug-likeness (QED) is 0.625. The van der Waals surface area contributed by atoms with E-state index in [1.165, 1.54) is 6.92 Å². The second-order valence-corrected chi connectivity index (χ2v) is 8.18. The second-order valence-electron chi connectivity index (χ2n) is 8.18. The van der Waals surface area contributed by atoms with E-state index in [1.807, 2.05) is 59.6 Å². The summed E-state index contributed by atoms with van der Waals surface area (Å²) in [6, 6.07) is 15.4. The van der Waals surface area contributed by atoms with Gasteiger partial charge < -0.3 is 24.8 Å². The Morgan fingerprint density at radius 2 is 1.84 bits per heavy atom. The van der Waals surface area contributed by atoms with Crippen LogP contribution in [0.2, 0.25) is 0 Å². The molecule has 1 atom stereocenters. The van der Waals surface area contributed by atoms with Gasteiger partial charge in [-0.25, -0.2) is 0 Å². The lowest BCUT2D eigenvalue weighted by atomic mass is 10.0. The van der Waals surface area contributed by atoms with Crippen molar-refractivity contribution >= 4 is 28.4 Å². The fourth-order valence-corrected chi connectivity index (χ4v) is 4.38. The summed E-state index contributed by atoms with van der Waals surface area (Å²) in [7, 11) is 1.66. The van der Waals surface area contributed by atoms with Gasteiger partial charge in [-0.3, -0.25) is 9.59 Å². The molecule has 2 N–H and O–H groups in total. The van der Waals surface area contributed by atoms with Gasteiger partial charge in [0.2, 0.25) is 11.8 Å². The molecule has 2 heterocycles. The highest BCUT2D eigenvalue weighted by atomic mass is 16.5. The summed E-state index contributed by atoms with van der Waals surface area (Å²) in [5, 5.41) is 3.97.